The summed E-state index contributed by atoms with van der Waals surface area (Å²) in [6.45, 7) is 3.72. The van der Waals surface area contributed by atoms with E-state index in [1.165, 1.54) is 6.07 Å². The van der Waals surface area contributed by atoms with Crippen molar-refractivity contribution in [3.8, 4) is 0 Å². The van der Waals surface area contributed by atoms with Gasteiger partial charge in [-0.15, -0.1) is 0 Å². The number of hydrogen-bond acceptors (Lipinski definition) is 4. The highest BCUT2D eigenvalue weighted by Gasteiger charge is 2.24. The Morgan fingerprint density at radius 2 is 2.11 bits per heavy atom. The van der Waals surface area contributed by atoms with Crippen LogP contribution in [0.4, 0.5) is 0 Å². The summed E-state index contributed by atoms with van der Waals surface area (Å²) in [5.74, 6) is -0.288. The molecule has 1 heterocycles. The fourth-order valence-corrected chi connectivity index (χ4v) is 2.74. The molecule has 0 spiro atoms. The predicted molar refractivity (Wildman–Crippen MR) is 72.0 cm³/mol. The third-order valence-electron chi connectivity index (χ3n) is 3.90. The van der Waals surface area contributed by atoms with E-state index in [1.807, 2.05) is 0 Å². The summed E-state index contributed by atoms with van der Waals surface area (Å²) in [4.78, 5) is 13.1. The number of hydrogen-bond donors (Lipinski definition) is 2. The summed E-state index contributed by atoms with van der Waals surface area (Å²) in [6, 6.07) is 4.14. The Morgan fingerprint density at radius 1 is 1.42 bits per heavy atom. The van der Waals surface area contributed by atoms with Gasteiger partial charge in [0.25, 0.3) is 0 Å². The molecule has 5 nitrogen and oxygen atoms in total. The number of furan rings is 1. The van der Waals surface area contributed by atoms with E-state index in [-0.39, 0.29) is 5.76 Å². The molecule has 1 fully saturated rings. The summed E-state index contributed by atoms with van der Waals surface area (Å²) in [7, 11) is 0. The zero-order chi connectivity index (χ0) is 13.8. The predicted octanol–water partition coefficient (Wildman–Crippen LogP) is 2.07. The van der Waals surface area contributed by atoms with Gasteiger partial charge in [-0.3, -0.25) is 4.90 Å². The molecular formula is C14H22N2O3. The lowest BCUT2D eigenvalue weighted by atomic mass is 9.90. The van der Waals surface area contributed by atoms with Crippen LogP contribution in [0.25, 0.3) is 0 Å². The number of carbonyl (C=O) groups is 1. The zero-order valence-corrected chi connectivity index (χ0v) is 11.3. The first-order valence-corrected chi connectivity index (χ1v) is 6.91. The quantitative estimate of drug-likeness (QED) is 0.852. The van der Waals surface area contributed by atoms with Crippen LogP contribution in [0.15, 0.2) is 16.5 Å². The number of rotatable bonds is 5. The molecule has 1 aromatic heterocycles. The molecule has 19 heavy (non-hydrogen) atoms. The summed E-state index contributed by atoms with van der Waals surface area (Å²) >= 11 is 0. The van der Waals surface area contributed by atoms with Gasteiger partial charge in [0.1, 0.15) is 5.76 Å². The Hall–Kier alpha value is -1.33. The van der Waals surface area contributed by atoms with Crippen LogP contribution in [0.2, 0.25) is 0 Å². The molecule has 1 aliphatic rings. The maximum Gasteiger partial charge on any atom is 0.371 e. The average Bonchev–Trinajstić information content (AvgIpc) is 2.86. The second-order valence-electron chi connectivity index (χ2n) is 5.20. The molecule has 5 heteroatoms. The van der Waals surface area contributed by atoms with Crippen LogP contribution in [-0.4, -0.2) is 34.6 Å². The van der Waals surface area contributed by atoms with Crippen molar-refractivity contribution in [3.05, 3.63) is 23.7 Å². The molecule has 0 saturated heterocycles. The van der Waals surface area contributed by atoms with Gasteiger partial charge in [0.2, 0.25) is 5.76 Å². The molecule has 3 N–H and O–H groups in total. The summed E-state index contributed by atoms with van der Waals surface area (Å²) in [5, 5.41) is 8.85. The average molecular weight is 266 g/mol. The van der Waals surface area contributed by atoms with Crippen molar-refractivity contribution in [2.75, 3.05) is 6.54 Å². The minimum atomic E-state index is -1.02. The molecular weight excluding hydrogens is 244 g/mol. The van der Waals surface area contributed by atoms with Crippen molar-refractivity contribution in [3.63, 3.8) is 0 Å². The minimum absolute atomic E-state index is 0.0109. The van der Waals surface area contributed by atoms with E-state index in [1.54, 1.807) is 6.07 Å². The summed E-state index contributed by atoms with van der Waals surface area (Å²) in [5.41, 5.74) is 5.93. The molecule has 0 unspecified atom stereocenters. The van der Waals surface area contributed by atoms with Crippen LogP contribution in [0.5, 0.6) is 0 Å². The van der Waals surface area contributed by atoms with Gasteiger partial charge in [-0.25, -0.2) is 4.79 Å². The lowest BCUT2D eigenvalue weighted by Gasteiger charge is -2.34. The molecule has 2 rings (SSSR count). The Balaban J connectivity index is 1.96. The molecule has 0 atom stereocenters. The number of nitrogens with two attached hydrogens (primary N) is 1. The minimum Gasteiger partial charge on any atom is -0.475 e. The fourth-order valence-electron chi connectivity index (χ4n) is 2.74. The fraction of sp³-hybridized carbons (Fsp3) is 0.643. The molecule has 0 radical (unpaired) electrons. The summed E-state index contributed by atoms with van der Waals surface area (Å²) < 4.78 is 5.32. The Bertz CT molecular complexity index is 422. The molecule has 1 saturated carbocycles. The standard InChI is InChI=1S/C14H22N2O3/c1-2-16(11-5-3-10(15)4-6-11)9-12-7-8-13(19-12)14(17)18/h7-8,10-11H,2-6,9,15H2,1H3,(H,17,18). The van der Waals surface area contributed by atoms with Gasteiger partial charge >= 0.3 is 5.97 Å². The molecule has 0 aliphatic heterocycles. The van der Waals surface area contributed by atoms with Crippen molar-refractivity contribution in [2.45, 2.75) is 51.2 Å². The van der Waals surface area contributed by atoms with Crippen molar-refractivity contribution in [2.24, 2.45) is 5.73 Å². The van der Waals surface area contributed by atoms with Crippen LogP contribution in [0, 0.1) is 0 Å². The second kappa shape index (κ2) is 6.21. The normalized spacial score (nSPS) is 23.7. The number of carboxylic acids is 1. The number of nitrogens with zero attached hydrogens (tertiary/aromatic N) is 1. The highest BCUT2D eigenvalue weighted by molar-refractivity contribution is 5.84. The molecule has 106 valence electrons. The highest BCUT2D eigenvalue weighted by Crippen LogP contribution is 2.24. The monoisotopic (exact) mass is 266 g/mol. The molecule has 0 aromatic carbocycles. The van der Waals surface area contributed by atoms with Gasteiger partial charge in [-0.2, -0.15) is 0 Å². The van der Waals surface area contributed by atoms with E-state index >= 15 is 0 Å². The maximum absolute atomic E-state index is 10.8. The van der Waals surface area contributed by atoms with E-state index in [2.05, 4.69) is 11.8 Å². The lowest BCUT2D eigenvalue weighted by molar-refractivity contribution is 0.0656. The molecule has 0 bridgehead atoms. The Kier molecular flexibility index (Phi) is 4.61. The molecule has 0 amide bonds. The van der Waals surface area contributed by atoms with Crippen LogP contribution in [0.3, 0.4) is 0 Å². The Morgan fingerprint density at radius 3 is 2.63 bits per heavy atom. The maximum atomic E-state index is 10.8. The highest BCUT2D eigenvalue weighted by atomic mass is 16.4. The van der Waals surface area contributed by atoms with E-state index in [0.29, 0.717) is 24.4 Å². The van der Waals surface area contributed by atoms with Gasteiger partial charge in [0.15, 0.2) is 0 Å². The third-order valence-corrected chi connectivity index (χ3v) is 3.90. The van der Waals surface area contributed by atoms with Gasteiger partial charge in [-0.1, -0.05) is 6.92 Å². The van der Waals surface area contributed by atoms with Gasteiger partial charge < -0.3 is 15.3 Å². The smallest absolute Gasteiger partial charge is 0.371 e. The van der Waals surface area contributed by atoms with Crippen LogP contribution >= 0.6 is 0 Å². The number of aromatic carboxylic acids is 1. The van der Waals surface area contributed by atoms with Crippen LogP contribution < -0.4 is 5.73 Å². The van der Waals surface area contributed by atoms with Crippen molar-refractivity contribution < 1.29 is 14.3 Å². The first-order chi connectivity index (χ1) is 9.10. The first kappa shape index (κ1) is 14.1. The van der Waals surface area contributed by atoms with E-state index in [0.717, 1.165) is 32.2 Å². The number of carboxylic acid groups (broad SMARTS) is 1. The molecule has 1 aliphatic carbocycles. The van der Waals surface area contributed by atoms with E-state index in [9.17, 15) is 4.79 Å². The topological polar surface area (TPSA) is 79.7 Å². The van der Waals surface area contributed by atoms with Crippen molar-refractivity contribution in [1.29, 1.82) is 0 Å². The van der Waals surface area contributed by atoms with Gasteiger partial charge in [0.05, 0.1) is 6.54 Å². The van der Waals surface area contributed by atoms with Crippen molar-refractivity contribution in [1.82, 2.24) is 4.90 Å². The zero-order valence-electron chi connectivity index (χ0n) is 11.3. The lowest BCUT2D eigenvalue weighted by Crippen LogP contribution is -2.40. The van der Waals surface area contributed by atoms with Crippen LogP contribution in [-0.2, 0) is 6.54 Å². The van der Waals surface area contributed by atoms with Gasteiger partial charge in [-0.05, 0) is 44.4 Å². The Labute approximate surface area is 113 Å². The van der Waals surface area contributed by atoms with Gasteiger partial charge in [0, 0.05) is 12.1 Å². The van der Waals surface area contributed by atoms with Crippen LogP contribution in [0.1, 0.15) is 48.9 Å². The third kappa shape index (κ3) is 3.58. The summed E-state index contributed by atoms with van der Waals surface area (Å²) in [6.07, 6.45) is 4.36. The van der Waals surface area contributed by atoms with E-state index < -0.39 is 5.97 Å². The largest absolute Gasteiger partial charge is 0.475 e. The second-order valence-corrected chi connectivity index (χ2v) is 5.20. The van der Waals surface area contributed by atoms with E-state index in [4.69, 9.17) is 15.3 Å². The first-order valence-electron chi connectivity index (χ1n) is 6.91. The molecule has 1 aromatic rings. The van der Waals surface area contributed by atoms with Crippen molar-refractivity contribution >= 4 is 5.97 Å². The SMILES string of the molecule is CCN(Cc1ccc(C(=O)O)o1)C1CCC(N)CC1.